The fraction of sp³-hybridized carbons (Fsp3) is 0.364. The Kier molecular flexibility index (Phi) is 4.36. The molecule has 0 N–H and O–H groups in total. The van der Waals surface area contributed by atoms with Crippen molar-refractivity contribution in [2.75, 3.05) is 13.7 Å². The minimum atomic E-state index is -0.321. The van der Waals surface area contributed by atoms with Crippen LogP contribution >= 0.6 is 11.6 Å². The Bertz CT molecular complexity index is 281. The van der Waals surface area contributed by atoms with E-state index in [2.05, 4.69) is 6.92 Å². The topological polar surface area (TPSA) is 9.23 Å². The minimum absolute atomic E-state index is 0.0168. The van der Waals surface area contributed by atoms with Gasteiger partial charge in [-0.25, -0.2) is 4.39 Å². The van der Waals surface area contributed by atoms with Gasteiger partial charge < -0.3 is 4.74 Å². The summed E-state index contributed by atoms with van der Waals surface area (Å²) in [5, 5.41) is 0.408. The molecule has 77 valence electrons. The highest BCUT2D eigenvalue weighted by atomic mass is 35.5. The third kappa shape index (κ3) is 3.28. The van der Waals surface area contributed by atoms with Crippen molar-refractivity contribution in [1.29, 1.82) is 0 Å². The maximum absolute atomic E-state index is 13.0. The van der Waals surface area contributed by atoms with Crippen LogP contribution in [-0.2, 0) is 4.74 Å². The van der Waals surface area contributed by atoms with Crippen molar-refractivity contribution in [2.24, 2.45) is 0 Å². The normalized spacial score (nSPS) is 12.9. The Balaban J connectivity index is 2.73. The zero-order chi connectivity index (χ0) is 10.6. The van der Waals surface area contributed by atoms with Gasteiger partial charge in [0.05, 0.1) is 0 Å². The highest BCUT2D eigenvalue weighted by Gasteiger charge is 2.07. The second-order valence-corrected chi connectivity index (χ2v) is 3.62. The summed E-state index contributed by atoms with van der Waals surface area (Å²) in [6.07, 6.45) is 0.760. The Hall–Kier alpha value is -0.600. The van der Waals surface area contributed by atoms with Crippen LogP contribution in [0.3, 0.4) is 0 Å². The van der Waals surface area contributed by atoms with Gasteiger partial charge in [0.1, 0.15) is 5.82 Å². The van der Waals surface area contributed by atoms with Crippen LogP contribution in [0.5, 0.6) is 0 Å². The second kappa shape index (κ2) is 5.32. The number of benzene rings is 1. The Morgan fingerprint density at radius 1 is 1.50 bits per heavy atom. The molecule has 0 aliphatic rings. The van der Waals surface area contributed by atoms with Crippen LogP contribution in [-0.4, -0.2) is 13.7 Å². The van der Waals surface area contributed by atoms with E-state index in [9.17, 15) is 4.39 Å². The number of rotatable bonds is 4. The lowest BCUT2D eigenvalue weighted by atomic mass is 9.98. The van der Waals surface area contributed by atoms with Crippen molar-refractivity contribution in [3.8, 4) is 0 Å². The molecule has 1 nitrogen and oxygen atoms in total. The lowest BCUT2D eigenvalue weighted by Gasteiger charge is -2.11. The van der Waals surface area contributed by atoms with Gasteiger partial charge >= 0.3 is 0 Å². The molecule has 0 fully saturated rings. The molecule has 0 bridgehead atoms. The molecule has 1 radical (unpaired) electrons. The van der Waals surface area contributed by atoms with Gasteiger partial charge in [-0.05, 0) is 43.0 Å². The number of hydrogen-bond donors (Lipinski definition) is 0. The predicted molar refractivity (Wildman–Crippen MR) is 56.0 cm³/mol. The largest absolute Gasteiger partial charge is 0.385 e. The van der Waals surface area contributed by atoms with Crippen molar-refractivity contribution in [2.45, 2.75) is 12.3 Å². The first-order valence-corrected chi connectivity index (χ1v) is 4.79. The van der Waals surface area contributed by atoms with E-state index in [-0.39, 0.29) is 11.7 Å². The third-order valence-electron chi connectivity index (χ3n) is 2.03. The molecule has 1 atom stereocenters. The molecule has 1 aromatic rings. The molecule has 1 aromatic carbocycles. The quantitative estimate of drug-likeness (QED) is 0.748. The first kappa shape index (κ1) is 11.5. The zero-order valence-corrected chi connectivity index (χ0v) is 8.85. The molecule has 0 amide bonds. The lowest BCUT2D eigenvalue weighted by molar-refractivity contribution is 0.191. The molecule has 0 spiro atoms. The van der Waals surface area contributed by atoms with Gasteiger partial charge in [0.2, 0.25) is 0 Å². The molecule has 3 heteroatoms. The lowest BCUT2D eigenvalue weighted by Crippen LogP contribution is -1.99. The van der Waals surface area contributed by atoms with Crippen LogP contribution < -0.4 is 0 Å². The molecule has 0 aliphatic carbocycles. The average Bonchev–Trinajstić information content (AvgIpc) is 2.12. The van der Waals surface area contributed by atoms with Crippen molar-refractivity contribution in [1.82, 2.24) is 0 Å². The molecule has 1 rings (SSSR count). The molecule has 14 heavy (non-hydrogen) atoms. The van der Waals surface area contributed by atoms with Gasteiger partial charge in [-0.1, -0.05) is 11.6 Å². The molecule has 1 unspecified atom stereocenters. The smallest absolute Gasteiger partial charge is 0.124 e. The summed E-state index contributed by atoms with van der Waals surface area (Å²) in [6.45, 7) is 4.54. The first-order chi connectivity index (χ1) is 6.63. The third-order valence-corrected chi connectivity index (χ3v) is 2.24. The van der Waals surface area contributed by atoms with Gasteiger partial charge in [-0.3, -0.25) is 0 Å². The predicted octanol–water partition coefficient (Wildman–Crippen LogP) is 3.43. The zero-order valence-electron chi connectivity index (χ0n) is 8.09. The molecule has 0 aromatic heterocycles. The van der Waals surface area contributed by atoms with E-state index in [1.54, 1.807) is 13.2 Å². The summed E-state index contributed by atoms with van der Waals surface area (Å²) in [6, 6.07) is 4.48. The Morgan fingerprint density at radius 3 is 2.79 bits per heavy atom. The van der Waals surface area contributed by atoms with Crippen LogP contribution in [0, 0.1) is 12.7 Å². The molecule has 0 aliphatic heterocycles. The van der Waals surface area contributed by atoms with Crippen LogP contribution in [0.2, 0.25) is 5.02 Å². The summed E-state index contributed by atoms with van der Waals surface area (Å²) in [5.41, 5.74) is 0.812. The average molecular weight is 216 g/mol. The van der Waals surface area contributed by atoms with E-state index < -0.39 is 0 Å². The van der Waals surface area contributed by atoms with E-state index in [0.29, 0.717) is 11.6 Å². The van der Waals surface area contributed by atoms with E-state index in [1.165, 1.54) is 12.1 Å². The number of halogens is 2. The maximum Gasteiger partial charge on any atom is 0.124 e. The highest BCUT2D eigenvalue weighted by Crippen LogP contribution is 2.23. The highest BCUT2D eigenvalue weighted by molar-refractivity contribution is 6.30. The second-order valence-electron chi connectivity index (χ2n) is 3.18. The maximum atomic E-state index is 13.0. The molecular weight excluding hydrogens is 203 g/mol. The minimum Gasteiger partial charge on any atom is -0.385 e. The molecule has 0 saturated carbocycles. The van der Waals surface area contributed by atoms with Crippen molar-refractivity contribution >= 4 is 11.6 Å². The fourth-order valence-corrected chi connectivity index (χ4v) is 1.47. The summed E-state index contributed by atoms with van der Waals surface area (Å²) in [7, 11) is 1.63. The van der Waals surface area contributed by atoms with Gasteiger partial charge in [-0.15, -0.1) is 0 Å². The Labute approximate surface area is 88.8 Å². The fourth-order valence-electron chi connectivity index (χ4n) is 1.24. The SMILES string of the molecule is [CH2]C(CCOC)c1cc(F)cc(Cl)c1. The first-order valence-electron chi connectivity index (χ1n) is 4.41. The van der Waals surface area contributed by atoms with Crippen LogP contribution in [0.1, 0.15) is 17.9 Å². The summed E-state index contributed by atoms with van der Waals surface area (Å²) < 4.78 is 17.9. The summed E-state index contributed by atoms with van der Waals surface area (Å²) >= 11 is 5.73. The standard InChI is InChI=1S/C11H13ClFO/c1-8(3-4-14-2)9-5-10(12)7-11(13)6-9/h5-8H,1,3-4H2,2H3. The van der Waals surface area contributed by atoms with Crippen molar-refractivity contribution in [3.05, 3.63) is 41.5 Å². The van der Waals surface area contributed by atoms with E-state index in [0.717, 1.165) is 12.0 Å². The number of methoxy groups -OCH3 is 1. The van der Waals surface area contributed by atoms with Crippen LogP contribution in [0.15, 0.2) is 18.2 Å². The van der Waals surface area contributed by atoms with Crippen LogP contribution in [0.4, 0.5) is 4.39 Å². The molecule has 0 saturated heterocycles. The Morgan fingerprint density at radius 2 is 2.21 bits per heavy atom. The molecule has 0 heterocycles. The number of hydrogen-bond acceptors (Lipinski definition) is 1. The van der Waals surface area contributed by atoms with Gasteiger partial charge in [0, 0.05) is 18.7 Å². The van der Waals surface area contributed by atoms with E-state index >= 15 is 0 Å². The van der Waals surface area contributed by atoms with E-state index in [4.69, 9.17) is 16.3 Å². The van der Waals surface area contributed by atoms with Crippen molar-refractivity contribution in [3.63, 3.8) is 0 Å². The van der Waals surface area contributed by atoms with Gasteiger partial charge in [-0.2, -0.15) is 0 Å². The number of ether oxygens (including phenoxy) is 1. The van der Waals surface area contributed by atoms with Gasteiger partial charge in [0.25, 0.3) is 0 Å². The molecular formula is C11H13ClFO. The van der Waals surface area contributed by atoms with Crippen LogP contribution in [0.25, 0.3) is 0 Å². The van der Waals surface area contributed by atoms with Crippen molar-refractivity contribution < 1.29 is 9.13 Å². The van der Waals surface area contributed by atoms with Gasteiger partial charge in [0.15, 0.2) is 0 Å². The monoisotopic (exact) mass is 215 g/mol. The summed E-state index contributed by atoms with van der Waals surface area (Å²) in [5.74, 6) is -0.304. The van der Waals surface area contributed by atoms with E-state index in [1.807, 2.05) is 0 Å². The summed E-state index contributed by atoms with van der Waals surface area (Å²) in [4.78, 5) is 0.